The molecule has 0 unspecified atom stereocenters. The second kappa shape index (κ2) is 5.40. The van der Waals surface area contributed by atoms with Crippen LogP contribution in [-0.4, -0.2) is 7.05 Å². The topological polar surface area (TPSA) is 53.0 Å². The number of anilines is 2. The van der Waals surface area contributed by atoms with E-state index in [1.165, 1.54) is 6.07 Å². The summed E-state index contributed by atoms with van der Waals surface area (Å²) in [6.07, 6.45) is 0. The molecule has 2 aromatic carbocycles. The van der Waals surface area contributed by atoms with Crippen molar-refractivity contribution in [2.24, 2.45) is 0 Å². The quantitative estimate of drug-likeness (QED) is 0.858. The van der Waals surface area contributed by atoms with E-state index in [1.807, 2.05) is 36.2 Å². The van der Waals surface area contributed by atoms with E-state index in [0.29, 0.717) is 17.8 Å². The van der Waals surface area contributed by atoms with Crippen molar-refractivity contribution >= 4 is 11.4 Å². The van der Waals surface area contributed by atoms with Crippen molar-refractivity contribution in [3.05, 3.63) is 59.4 Å². The summed E-state index contributed by atoms with van der Waals surface area (Å²) in [4.78, 5) is 1.86. The molecule has 0 atom stereocenters. The average Bonchev–Trinajstić information content (AvgIpc) is 2.41. The fourth-order valence-electron chi connectivity index (χ4n) is 1.96. The van der Waals surface area contributed by atoms with Gasteiger partial charge in [-0.2, -0.15) is 5.26 Å². The maximum Gasteiger partial charge on any atom is 0.145 e. The van der Waals surface area contributed by atoms with E-state index in [-0.39, 0.29) is 5.56 Å². The van der Waals surface area contributed by atoms with E-state index in [0.717, 1.165) is 5.69 Å². The molecule has 0 aliphatic rings. The molecule has 2 rings (SSSR count). The number of benzene rings is 2. The second-order valence-corrected chi connectivity index (χ2v) is 4.31. The second-order valence-electron chi connectivity index (χ2n) is 4.31. The molecule has 0 aromatic heterocycles. The highest BCUT2D eigenvalue weighted by Crippen LogP contribution is 2.23. The van der Waals surface area contributed by atoms with Crippen LogP contribution in [0.1, 0.15) is 11.1 Å². The predicted molar refractivity (Wildman–Crippen MR) is 74.1 cm³/mol. The Morgan fingerprint density at radius 3 is 2.63 bits per heavy atom. The lowest BCUT2D eigenvalue weighted by molar-refractivity contribution is 0.604. The molecule has 4 heteroatoms. The van der Waals surface area contributed by atoms with Gasteiger partial charge in [-0.3, -0.25) is 0 Å². The lowest BCUT2D eigenvalue weighted by Gasteiger charge is -2.21. The highest BCUT2D eigenvalue weighted by molar-refractivity contribution is 5.67. The molecule has 0 saturated carbocycles. The van der Waals surface area contributed by atoms with Gasteiger partial charge in [0.15, 0.2) is 0 Å². The Hall–Kier alpha value is -2.54. The number of halogens is 1. The van der Waals surface area contributed by atoms with Crippen LogP contribution in [0.25, 0.3) is 0 Å². The Bertz CT molecular complexity index is 632. The molecular formula is C15H14FN3. The summed E-state index contributed by atoms with van der Waals surface area (Å²) in [7, 11) is 1.84. The summed E-state index contributed by atoms with van der Waals surface area (Å²) in [6.45, 7) is 0.357. The van der Waals surface area contributed by atoms with Crippen LogP contribution < -0.4 is 10.6 Å². The predicted octanol–water partition coefficient (Wildman–Crippen LogP) is 2.92. The molecule has 0 aliphatic heterocycles. The zero-order valence-electron chi connectivity index (χ0n) is 10.6. The zero-order chi connectivity index (χ0) is 13.8. The van der Waals surface area contributed by atoms with Crippen molar-refractivity contribution in [3.8, 4) is 6.07 Å². The van der Waals surface area contributed by atoms with Gasteiger partial charge in [0.1, 0.15) is 11.9 Å². The number of hydrogen-bond donors (Lipinski definition) is 1. The smallest absolute Gasteiger partial charge is 0.145 e. The minimum atomic E-state index is -0.466. The van der Waals surface area contributed by atoms with Gasteiger partial charge in [0.25, 0.3) is 0 Å². The number of nitrogens with two attached hydrogens (primary N) is 1. The van der Waals surface area contributed by atoms with Gasteiger partial charge in [0.2, 0.25) is 0 Å². The number of nitrogen functional groups attached to an aromatic ring is 1. The largest absolute Gasteiger partial charge is 0.397 e. The van der Waals surface area contributed by atoms with Crippen LogP contribution in [0.15, 0.2) is 42.5 Å². The first-order valence-electron chi connectivity index (χ1n) is 5.86. The van der Waals surface area contributed by atoms with E-state index in [9.17, 15) is 4.39 Å². The molecule has 0 heterocycles. The van der Waals surface area contributed by atoms with Gasteiger partial charge in [0, 0.05) is 19.2 Å². The van der Waals surface area contributed by atoms with Gasteiger partial charge in [-0.25, -0.2) is 4.39 Å². The zero-order valence-corrected chi connectivity index (χ0v) is 10.6. The maximum atomic E-state index is 14.0. The fourth-order valence-corrected chi connectivity index (χ4v) is 1.96. The summed E-state index contributed by atoms with van der Waals surface area (Å²) >= 11 is 0. The Morgan fingerprint density at radius 1 is 1.21 bits per heavy atom. The lowest BCUT2D eigenvalue weighted by atomic mass is 10.1. The Balaban J connectivity index is 2.28. The van der Waals surface area contributed by atoms with Gasteiger partial charge in [0.05, 0.1) is 16.9 Å². The van der Waals surface area contributed by atoms with E-state index in [4.69, 9.17) is 11.0 Å². The van der Waals surface area contributed by atoms with Crippen LogP contribution in [0.2, 0.25) is 0 Å². The number of para-hydroxylation sites is 2. The lowest BCUT2D eigenvalue weighted by Crippen LogP contribution is -2.18. The number of rotatable bonds is 3. The average molecular weight is 255 g/mol. The molecule has 0 aliphatic carbocycles. The van der Waals surface area contributed by atoms with Crippen LogP contribution in [0, 0.1) is 17.1 Å². The monoisotopic (exact) mass is 255 g/mol. The third-order valence-corrected chi connectivity index (χ3v) is 2.95. The third kappa shape index (κ3) is 2.66. The summed E-state index contributed by atoms with van der Waals surface area (Å²) in [5.41, 5.74) is 7.90. The minimum absolute atomic E-state index is 0.0620. The molecular weight excluding hydrogens is 241 g/mol. The number of nitriles is 1. The SMILES string of the molecule is CN(Cc1cccc(C#N)c1F)c1ccccc1N. The van der Waals surface area contributed by atoms with Crippen molar-refractivity contribution in [3.63, 3.8) is 0 Å². The number of nitrogens with zero attached hydrogens (tertiary/aromatic N) is 2. The van der Waals surface area contributed by atoms with Crippen molar-refractivity contribution in [2.45, 2.75) is 6.54 Å². The summed E-state index contributed by atoms with van der Waals surface area (Å²) in [5, 5.41) is 8.81. The third-order valence-electron chi connectivity index (χ3n) is 2.95. The first-order valence-corrected chi connectivity index (χ1v) is 5.86. The van der Waals surface area contributed by atoms with Gasteiger partial charge in [-0.15, -0.1) is 0 Å². The summed E-state index contributed by atoms with van der Waals surface area (Å²) in [5.74, 6) is -0.466. The molecule has 0 spiro atoms. The van der Waals surface area contributed by atoms with Crippen LogP contribution in [0.4, 0.5) is 15.8 Å². The van der Waals surface area contributed by atoms with E-state index in [1.54, 1.807) is 18.2 Å². The van der Waals surface area contributed by atoms with Gasteiger partial charge in [-0.1, -0.05) is 24.3 Å². The van der Waals surface area contributed by atoms with E-state index < -0.39 is 5.82 Å². The maximum absolute atomic E-state index is 14.0. The number of hydrogen-bond acceptors (Lipinski definition) is 3. The highest BCUT2D eigenvalue weighted by Gasteiger charge is 2.11. The van der Waals surface area contributed by atoms with Crippen LogP contribution in [0.5, 0.6) is 0 Å². The fraction of sp³-hybridized carbons (Fsp3) is 0.133. The summed E-state index contributed by atoms with van der Waals surface area (Å²) in [6, 6.07) is 14.1. The van der Waals surface area contributed by atoms with Crippen molar-refractivity contribution < 1.29 is 4.39 Å². The molecule has 0 bridgehead atoms. The molecule has 19 heavy (non-hydrogen) atoms. The van der Waals surface area contributed by atoms with Crippen LogP contribution >= 0.6 is 0 Å². The molecule has 2 N–H and O–H groups in total. The van der Waals surface area contributed by atoms with E-state index in [2.05, 4.69) is 0 Å². The van der Waals surface area contributed by atoms with Crippen molar-refractivity contribution in [1.82, 2.24) is 0 Å². The van der Waals surface area contributed by atoms with Crippen LogP contribution in [0.3, 0.4) is 0 Å². The molecule has 0 saturated heterocycles. The normalized spacial score (nSPS) is 9.95. The highest BCUT2D eigenvalue weighted by atomic mass is 19.1. The molecule has 96 valence electrons. The molecule has 3 nitrogen and oxygen atoms in total. The summed E-state index contributed by atoms with van der Waals surface area (Å²) < 4.78 is 14.0. The molecule has 0 radical (unpaired) electrons. The molecule has 0 amide bonds. The standard InChI is InChI=1S/C15H14FN3/c1-19(14-8-3-2-7-13(14)18)10-12-6-4-5-11(9-17)15(12)16/h2-8H,10,18H2,1H3. The Labute approximate surface area is 111 Å². The Kier molecular flexibility index (Phi) is 3.67. The van der Waals surface area contributed by atoms with Crippen molar-refractivity contribution in [1.29, 1.82) is 5.26 Å². The van der Waals surface area contributed by atoms with E-state index >= 15 is 0 Å². The molecule has 0 fully saturated rings. The Morgan fingerprint density at radius 2 is 1.95 bits per heavy atom. The minimum Gasteiger partial charge on any atom is -0.397 e. The first kappa shape index (κ1) is 12.9. The van der Waals surface area contributed by atoms with Gasteiger partial charge < -0.3 is 10.6 Å². The van der Waals surface area contributed by atoms with Gasteiger partial charge in [-0.05, 0) is 18.2 Å². The van der Waals surface area contributed by atoms with Gasteiger partial charge >= 0.3 is 0 Å². The van der Waals surface area contributed by atoms with Crippen LogP contribution in [-0.2, 0) is 6.54 Å². The van der Waals surface area contributed by atoms with Crippen molar-refractivity contribution in [2.75, 3.05) is 17.7 Å². The molecule has 2 aromatic rings. The first-order chi connectivity index (χ1) is 9.13.